The van der Waals surface area contributed by atoms with Crippen LogP contribution >= 0.6 is 0 Å². The minimum absolute atomic E-state index is 0.263. The Kier molecular flexibility index (Phi) is 4.32. The Balaban J connectivity index is 3.36. The number of methoxy groups -OCH3 is 1. The van der Waals surface area contributed by atoms with E-state index >= 15 is 0 Å². The Hall–Kier alpha value is -1.87. The van der Waals surface area contributed by atoms with Crippen LogP contribution in [0.3, 0.4) is 0 Å². The van der Waals surface area contributed by atoms with Crippen LogP contribution in [0.15, 0.2) is 12.1 Å². The lowest BCUT2D eigenvalue weighted by atomic mass is 10.1. The number of hydrogen-bond acceptors (Lipinski definition) is 4. The molecule has 0 radical (unpaired) electrons. The number of anilines is 1. The summed E-state index contributed by atoms with van der Waals surface area (Å²) in [5, 5.41) is 8.93. The zero-order chi connectivity index (χ0) is 14.8. The Morgan fingerprint density at radius 2 is 2.00 bits per heavy atom. The summed E-state index contributed by atoms with van der Waals surface area (Å²) in [6, 6.07) is 1.66. The number of rotatable bonds is 5. The first-order chi connectivity index (χ1) is 8.69. The Labute approximate surface area is 109 Å². The van der Waals surface area contributed by atoms with Gasteiger partial charge in [0.25, 0.3) is 0 Å². The summed E-state index contributed by atoms with van der Waals surface area (Å²) < 4.78 is 44.3. The lowest BCUT2D eigenvalue weighted by Crippen LogP contribution is -2.29. The highest BCUT2D eigenvalue weighted by molar-refractivity contribution is 7.90. The number of halogens is 1. The summed E-state index contributed by atoms with van der Waals surface area (Å²) in [6.45, 7) is 0. The van der Waals surface area contributed by atoms with E-state index in [4.69, 9.17) is 5.11 Å². The molecule has 1 rings (SSSR count). The fourth-order valence-electron chi connectivity index (χ4n) is 1.20. The number of benzene rings is 1. The summed E-state index contributed by atoms with van der Waals surface area (Å²) in [6.07, 6.45) is 0. The second kappa shape index (κ2) is 5.41. The van der Waals surface area contributed by atoms with Crippen LogP contribution in [0.5, 0.6) is 5.75 Å². The van der Waals surface area contributed by atoms with Crippen molar-refractivity contribution in [2.45, 2.75) is 0 Å². The molecule has 0 aliphatic carbocycles. The van der Waals surface area contributed by atoms with Gasteiger partial charge in [-0.1, -0.05) is 0 Å². The van der Waals surface area contributed by atoms with Crippen molar-refractivity contribution in [1.29, 1.82) is 0 Å². The highest BCUT2D eigenvalue weighted by Gasteiger charge is 2.21. The maximum atomic E-state index is 13.4. The van der Waals surface area contributed by atoms with Gasteiger partial charge in [-0.15, -0.1) is 0 Å². The smallest absolute Gasteiger partial charge is 0.337 e. The normalized spacial score (nSPS) is 11.4. The first-order valence-corrected chi connectivity index (χ1v) is 6.44. The fourth-order valence-corrected chi connectivity index (χ4v) is 1.83. The lowest BCUT2D eigenvalue weighted by Gasteiger charge is -2.16. The topological polar surface area (TPSA) is 95.9 Å². The molecule has 0 saturated carbocycles. The van der Waals surface area contributed by atoms with Crippen LogP contribution in [0.1, 0.15) is 10.4 Å². The predicted octanol–water partition coefficient (Wildman–Crippen LogP) is 0.751. The Morgan fingerprint density at radius 3 is 2.42 bits per heavy atom. The van der Waals surface area contributed by atoms with Crippen molar-refractivity contribution < 1.29 is 27.4 Å². The molecule has 0 aliphatic heterocycles. The summed E-state index contributed by atoms with van der Waals surface area (Å²) in [7, 11) is -0.185. The quantitative estimate of drug-likeness (QED) is 0.835. The van der Waals surface area contributed by atoms with Crippen LogP contribution in [0.25, 0.3) is 0 Å². The molecule has 2 N–H and O–H groups in total. The molecule has 0 aromatic heterocycles. The van der Waals surface area contributed by atoms with E-state index in [2.05, 4.69) is 4.74 Å². The van der Waals surface area contributed by atoms with E-state index in [1.54, 1.807) is 0 Å². The molecule has 9 heteroatoms. The second-order valence-corrected chi connectivity index (χ2v) is 5.61. The maximum absolute atomic E-state index is 13.4. The van der Waals surface area contributed by atoms with E-state index < -0.39 is 27.6 Å². The minimum atomic E-state index is -3.90. The SMILES string of the molecule is COc1cc(NS(=O)(=O)N(C)C)c(C(=O)O)cc1F. The van der Waals surface area contributed by atoms with Crippen LogP contribution in [0, 0.1) is 5.82 Å². The van der Waals surface area contributed by atoms with Crippen molar-refractivity contribution in [3.63, 3.8) is 0 Å². The van der Waals surface area contributed by atoms with Crippen LogP contribution in [0.4, 0.5) is 10.1 Å². The molecule has 0 atom stereocenters. The van der Waals surface area contributed by atoms with Crippen molar-refractivity contribution in [1.82, 2.24) is 4.31 Å². The lowest BCUT2D eigenvalue weighted by molar-refractivity contribution is 0.0697. The molecular formula is C10H13FN2O5S. The van der Waals surface area contributed by atoms with Gasteiger partial charge >= 0.3 is 16.2 Å². The van der Waals surface area contributed by atoms with E-state index in [-0.39, 0.29) is 11.4 Å². The van der Waals surface area contributed by atoms with Gasteiger partial charge in [-0.05, 0) is 6.07 Å². The Morgan fingerprint density at radius 1 is 1.42 bits per heavy atom. The number of ether oxygens (including phenoxy) is 1. The van der Waals surface area contributed by atoms with E-state index in [9.17, 15) is 17.6 Å². The first kappa shape index (κ1) is 15.2. The van der Waals surface area contributed by atoms with Crippen LogP contribution in [0.2, 0.25) is 0 Å². The summed E-state index contributed by atoms with van der Waals surface area (Å²) in [4.78, 5) is 11.0. The molecule has 0 bridgehead atoms. The molecule has 0 amide bonds. The van der Waals surface area contributed by atoms with Crippen molar-refractivity contribution in [3.8, 4) is 5.75 Å². The third-order valence-corrected chi connectivity index (χ3v) is 3.68. The third-order valence-electron chi connectivity index (χ3n) is 2.24. The molecule has 1 aromatic rings. The molecule has 19 heavy (non-hydrogen) atoms. The largest absolute Gasteiger partial charge is 0.494 e. The monoisotopic (exact) mass is 292 g/mol. The van der Waals surface area contributed by atoms with Gasteiger partial charge in [0.1, 0.15) is 0 Å². The summed E-state index contributed by atoms with van der Waals surface area (Å²) in [5.41, 5.74) is -0.789. The number of hydrogen-bond donors (Lipinski definition) is 2. The average Bonchev–Trinajstić information content (AvgIpc) is 2.30. The zero-order valence-corrected chi connectivity index (χ0v) is 11.3. The molecule has 0 fully saturated rings. The van der Waals surface area contributed by atoms with Gasteiger partial charge in [0.15, 0.2) is 11.6 Å². The van der Waals surface area contributed by atoms with E-state index in [0.717, 1.165) is 10.4 Å². The number of nitrogens with zero attached hydrogens (tertiary/aromatic N) is 1. The van der Waals surface area contributed by atoms with Gasteiger partial charge in [0.05, 0.1) is 18.4 Å². The second-order valence-electron chi connectivity index (χ2n) is 3.73. The molecule has 0 spiro atoms. The molecular weight excluding hydrogens is 279 g/mol. The third kappa shape index (κ3) is 3.32. The van der Waals surface area contributed by atoms with Crippen molar-refractivity contribution in [2.24, 2.45) is 0 Å². The maximum Gasteiger partial charge on any atom is 0.337 e. The Bertz CT molecular complexity index is 600. The predicted molar refractivity (Wildman–Crippen MR) is 66.1 cm³/mol. The number of nitrogens with one attached hydrogen (secondary N) is 1. The summed E-state index contributed by atoms with van der Waals surface area (Å²) in [5.74, 6) is -2.62. The highest BCUT2D eigenvalue weighted by atomic mass is 32.2. The van der Waals surface area contributed by atoms with E-state index in [0.29, 0.717) is 6.07 Å². The molecule has 0 unspecified atom stereocenters. The number of carbonyl (C=O) groups is 1. The molecule has 7 nitrogen and oxygen atoms in total. The molecule has 1 aromatic carbocycles. The average molecular weight is 292 g/mol. The van der Waals surface area contributed by atoms with Crippen molar-refractivity contribution in [3.05, 3.63) is 23.5 Å². The van der Waals surface area contributed by atoms with Crippen LogP contribution in [-0.4, -0.2) is 45.0 Å². The van der Waals surface area contributed by atoms with Crippen LogP contribution < -0.4 is 9.46 Å². The number of carboxylic acids is 1. The van der Waals surface area contributed by atoms with Gasteiger partial charge in [-0.3, -0.25) is 4.72 Å². The standard InChI is InChI=1S/C10H13FN2O5S/c1-13(2)19(16,17)12-8-5-9(18-3)7(11)4-6(8)10(14)15/h4-5,12H,1-3H3,(H,14,15). The van der Waals surface area contributed by atoms with Gasteiger partial charge in [0, 0.05) is 20.2 Å². The van der Waals surface area contributed by atoms with Crippen molar-refractivity contribution >= 4 is 21.9 Å². The molecule has 0 heterocycles. The fraction of sp³-hybridized carbons (Fsp3) is 0.300. The van der Waals surface area contributed by atoms with E-state index in [1.165, 1.54) is 21.2 Å². The summed E-state index contributed by atoms with van der Waals surface area (Å²) >= 11 is 0. The molecule has 0 aliphatic rings. The number of aromatic carboxylic acids is 1. The first-order valence-electron chi connectivity index (χ1n) is 5.00. The highest BCUT2D eigenvalue weighted by Crippen LogP contribution is 2.27. The van der Waals surface area contributed by atoms with Gasteiger partial charge in [-0.2, -0.15) is 12.7 Å². The van der Waals surface area contributed by atoms with Crippen LogP contribution in [-0.2, 0) is 10.2 Å². The number of carboxylic acid groups (broad SMARTS) is 1. The van der Waals surface area contributed by atoms with Gasteiger partial charge in [-0.25, -0.2) is 9.18 Å². The van der Waals surface area contributed by atoms with Crippen molar-refractivity contribution in [2.75, 3.05) is 25.9 Å². The zero-order valence-electron chi connectivity index (χ0n) is 10.5. The molecule has 0 saturated heterocycles. The minimum Gasteiger partial charge on any atom is -0.494 e. The molecule has 106 valence electrons. The van der Waals surface area contributed by atoms with E-state index in [1.807, 2.05) is 4.72 Å². The van der Waals surface area contributed by atoms with Gasteiger partial charge in [0.2, 0.25) is 0 Å². The van der Waals surface area contributed by atoms with Gasteiger partial charge < -0.3 is 9.84 Å².